The summed E-state index contributed by atoms with van der Waals surface area (Å²) in [6.45, 7) is 4.27. The van der Waals surface area contributed by atoms with E-state index in [0.29, 0.717) is 18.2 Å². The number of nitrogens with one attached hydrogen (secondary N) is 1. The largest absolute Gasteiger partial charge is 0.480 e. The molecule has 0 saturated heterocycles. The Morgan fingerprint density at radius 2 is 1.95 bits per heavy atom. The van der Waals surface area contributed by atoms with Crippen LogP contribution in [0.5, 0.6) is 0 Å². The zero-order valence-corrected chi connectivity index (χ0v) is 11.3. The molecule has 0 saturated carbocycles. The van der Waals surface area contributed by atoms with Crippen LogP contribution in [-0.2, 0) is 4.79 Å². The maximum Gasteiger partial charge on any atom is 0.323 e. The number of anilines is 1. The molecule has 104 valence electrons. The molecule has 0 spiro atoms. The molecule has 0 aliphatic carbocycles. The monoisotopic (exact) mass is 264 g/mol. The van der Waals surface area contributed by atoms with Gasteiger partial charge in [-0.05, 0) is 18.1 Å². The molecule has 5 nitrogen and oxygen atoms in total. The first kappa shape index (κ1) is 15.0. The van der Waals surface area contributed by atoms with Gasteiger partial charge in [0.2, 0.25) is 0 Å². The molecule has 1 rings (SSSR count). The summed E-state index contributed by atoms with van der Waals surface area (Å²) >= 11 is 0. The molecule has 0 aliphatic rings. The summed E-state index contributed by atoms with van der Waals surface area (Å²) in [5.74, 6) is -0.672. The van der Waals surface area contributed by atoms with Crippen LogP contribution in [0, 0.1) is 5.92 Å². The van der Waals surface area contributed by atoms with Crippen LogP contribution in [-0.4, -0.2) is 30.2 Å². The maximum atomic E-state index is 12.1. The van der Waals surface area contributed by atoms with Gasteiger partial charge < -0.3 is 10.4 Å². The number of nitrogens with zero attached hydrogens (tertiary/aromatic N) is 1. The average molecular weight is 264 g/mol. The van der Waals surface area contributed by atoms with Crippen LogP contribution in [0.4, 0.5) is 10.5 Å². The van der Waals surface area contributed by atoms with E-state index in [1.165, 1.54) is 4.90 Å². The fourth-order valence-electron chi connectivity index (χ4n) is 1.52. The molecule has 0 radical (unpaired) electrons. The van der Waals surface area contributed by atoms with Crippen LogP contribution >= 0.6 is 0 Å². The molecule has 1 aromatic rings. The SMILES string of the molecule is CCC(C)CNC(=O)N(CC(=O)O)c1ccccc1. The lowest BCUT2D eigenvalue weighted by molar-refractivity contribution is -0.135. The first-order valence-corrected chi connectivity index (χ1v) is 6.36. The van der Waals surface area contributed by atoms with E-state index in [4.69, 9.17) is 5.11 Å². The summed E-state index contributed by atoms with van der Waals surface area (Å²) in [6, 6.07) is 8.41. The summed E-state index contributed by atoms with van der Waals surface area (Å²) in [7, 11) is 0. The summed E-state index contributed by atoms with van der Waals surface area (Å²) in [5, 5.41) is 11.7. The number of carbonyl (C=O) groups is 2. The lowest BCUT2D eigenvalue weighted by Crippen LogP contribution is -2.44. The zero-order valence-electron chi connectivity index (χ0n) is 11.3. The van der Waals surface area contributed by atoms with Crippen LogP contribution < -0.4 is 10.2 Å². The van der Waals surface area contributed by atoms with E-state index in [2.05, 4.69) is 5.32 Å². The van der Waals surface area contributed by atoms with E-state index < -0.39 is 5.97 Å². The van der Waals surface area contributed by atoms with Crippen molar-refractivity contribution in [3.8, 4) is 0 Å². The molecule has 19 heavy (non-hydrogen) atoms. The van der Waals surface area contributed by atoms with E-state index in [-0.39, 0.29) is 12.6 Å². The normalized spacial score (nSPS) is 11.7. The average Bonchev–Trinajstić information content (AvgIpc) is 2.42. The number of para-hydroxylation sites is 1. The third-order valence-electron chi connectivity index (χ3n) is 2.91. The van der Waals surface area contributed by atoms with Gasteiger partial charge in [0.05, 0.1) is 0 Å². The van der Waals surface area contributed by atoms with Crippen LogP contribution in [0.2, 0.25) is 0 Å². The van der Waals surface area contributed by atoms with Crippen LogP contribution in [0.3, 0.4) is 0 Å². The highest BCUT2D eigenvalue weighted by atomic mass is 16.4. The van der Waals surface area contributed by atoms with E-state index in [1.807, 2.05) is 19.9 Å². The van der Waals surface area contributed by atoms with Crippen molar-refractivity contribution in [2.45, 2.75) is 20.3 Å². The topological polar surface area (TPSA) is 69.6 Å². The molecule has 0 bridgehead atoms. The smallest absolute Gasteiger partial charge is 0.323 e. The first-order chi connectivity index (χ1) is 9.04. The number of carboxylic acid groups (broad SMARTS) is 1. The summed E-state index contributed by atoms with van der Waals surface area (Å²) < 4.78 is 0. The van der Waals surface area contributed by atoms with Crippen molar-refractivity contribution in [1.29, 1.82) is 0 Å². The van der Waals surface area contributed by atoms with Crippen molar-refractivity contribution in [1.82, 2.24) is 5.32 Å². The third kappa shape index (κ3) is 4.99. The van der Waals surface area contributed by atoms with Gasteiger partial charge >= 0.3 is 12.0 Å². The second kappa shape index (κ2) is 7.41. The standard InChI is InChI=1S/C14H20N2O3/c1-3-11(2)9-15-14(19)16(10-13(17)18)12-7-5-4-6-8-12/h4-8,11H,3,9-10H2,1-2H3,(H,15,19)(H,17,18). The lowest BCUT2D eigenvalue weighted by Gasteiger charge is -2.22. The number of hydrogen-bond acceptors (Lipinski definition) is 2. The second-order valence-electron chi connectivity index (χ2n) is 4.51. The summed E-state index contributed by atoms with van der Waals surface area (Å²) in [4.78, 5) is 24.1. The maximum absolute atomic E-state index is 12.1. The predicted molar refractivity (Wildman–Crippen MR) is 74.3 cm³/mol. The Kier molecular flexibility index (Phi) is 5.85. The fraction of sp³-hybridized carbons (Fsp3) is 0.429. The lowest BCUT2D eigenvalue weighted by atomic mass is 10.1. The first-order valence-electron chi connectivity index (χ1n) is 6.36. The Morgan fingerprint density at radius 1 is 1.32 bits per heavy atom. The minimum Gasteiger partial charge on any atom is -0.480 e. The number of carbonyl (C=O) groups excluding carboxylic acids is 1. The highest BCUT2D eigenvalue weighted by molar-refractivity contribution is 5.96. The highest BCUT2D eigenvalue weighted by Gasteiger charge is 2.18. The van der Waals surface area contributed by atoms with Gasteiger partial charge in [-0.2, -0.15) is 0 Å². The number of urea groups is 1. The van der Waals surface area contributed by atoms with E-state index in [9.17, 15) is 9.59 Å². The number of benzene rings is 1. The molecule has 0 aromatic heterocycles. The molecule has 1 atom stereocenters. The number of hydrogen-bond donors (Lipinski definition) is 2. The van der Waals surface area contributed by atoms with Crippen molar-refractivity contribution < 1.29 is 14.7 Å². The Morgan fingerprint density at radius 3 is 2.47 bits per heavy atom. The number of amides is 2. The van der Waals surface area contributed by atoms with Gasteiger partial charge in [0, 0.05) is 12.2 Å². The minimum atomic E-state index is -1.04. The Balaban J connectivity index is 2.74. The zero-order chi connectivity index (χ0) is 14.3. The summed E-state index contributed by atoms with van der Waals surface area (Å²) in [5.41, 5.74) is 0.576. The van der Waals surface area contributed by atoms with Gasteiger partial charge in [-0.25, -0.2) is 4.79 Å². The van der Waals surface area contributed by atoms with Crippen molar-refractivity contribution in [2.24, 2.45) is 5.92 Å². The van der Waals surface area contributed by atoms with Gasteiger partial charge in [0.25, 0.3) is 0 Å². The number of aliphatic carboxylic acids is 1. The Labute approximate surface area is 113 Å². The van der Waals surface area contributed by atoms with Gasteiger partial charge in [-0.15, -0.1) is 0 Å². The van der Waals surface area contributed by atoms with Crippen LogP contribution in [0.25, 0.3) is 0 Å². The molecule has 2 amide bonds. The van der Waals surface area contributed by atoms with Gasteiger partial charge in [-0.1, -0.05) is 38.5 Å². The van der Waals surface area contributed by atoms with Crippen molar-refractivity contribution in [3.05, 3.63) is 30.3 Å². The number of carboxylic acids is 1. The van der Waals surface area contributed by atoms with Gasteiger partial charge in [0.15, 0.2) is 0 Å². The molecule has 0 fully saturated rings. The predicted octanol–water partition coefficient (Wildman–Crippen LogP) is 2.33. The van der Waals surface area contributed by atoms with E-state index in [1.54, 1.807) is 24.3 Å². The van der Waals surface area contributed by atoms with Gasteiger partial charge in [-0.3, -0.25) is 9.69 Å². The molecular weight excluding hydrogens is 244 g/mol. The number of rotatable bonds is 6. The molecule has 1 aromatic carbocycles. The fourth-order valence-corrected chi connectivity index (χ4v) is 1.52. The molecule has 2 N–H and O–H groups in total. The highest BCUT2D eigenvalue weighted by Crippen LogP contribution is 2.13. The quantitative estimate of drug-likeness (QED) is 0.828. The Bertz CT molecular complexity index is 420. The molecule has 1 unspecified atom stereocenters. The molecule has 0 heterocycles. The minimum absolute atomic E-state index is 0.351. The molecule has 5 heteroatoms. The summed E-state index contributed by atoms with van der Waals surface area (Å²) in [6.07, 6.45) is 0.963. The van der Waals surface area contributed by atoms with Crippen LogP contribution in [0.15, 0.2) is 30.3 Å². The van der Waals surface area contributed by atoms with E-state index >= 15 is 0 Å². The van der Waals surface area contributed by atoms with E-state index in [0.717, 1.165) is 6.42 Å². The van der Waals surface area contributed by atoms with Gasteiger partial charge in [0.1, 0.15) is 6.54 Å². The van der Waals surface area contributed by atoms with Crippen molar-refractivity contribution >= 4 is 17.7 Å². The molecule has 0 aliphatic heterocycles. The molecular formula is C14H20N2O3. The van der Waals surface area contributed by atoms with Crippen molar-refractivity contribution in [2.75, 3.05) is 18.0 Å². The second-order valence-corrected chi connectivity index (χ2v) is 4.51. The Hall–Kier alpha value is -2.04. The third-order valence-corrected chi connectivity index (χ3v) is 2.91. The van der Waals surface area contributed by atoms with Crippen LogP contribution in [0.1, 0.15) is 20.3 Å². The van der Waals surface area contributed by atoms with Crippen molar-refractivity contribution in [3.63, 3.8) is 0 Å².